The molecule has 8 heteroatoms. The van der Waals surface area contributed by atoms with Crippen LogP contribution in [0, 0.1) is 5.92 Å². The predicted molar refractivity (Wildman–Crippen MR) is 98.8 cm³/mol. The molecule has 2 N–H and O–H groups in total. The minimum absolute atomic E-state index is 0. The highest BCUT2D eigenvalue weighted by Gasteiger charge is 2.22. The number of rotatable bonds is 9. The highest BCUT2D eigenvalue weighted by Crippen LogP contribution is 2.17. The SMILES string of the molecule is CCCNCCNC(=O)C(C)CS(=O)(=O)c1ccc(Br)cc1.Cl. The molecule has 0 aliphatic rings. The maximum absolute atomic E-state index is 12.3. The van der Waals surface area contributed by atoms with Crippen molar-refractivity contribution >= 4 is 44.1 Å². The summed E-state index contributed by atoms with van der Waals surface area (Å²) in [7, 11) is -3.46. The third-order valence-corrected chi connectivity index (χ3v) is 5.58. The summed E-state index contributed by atoms with van der Waals surface area (Å²) in [4.78, 5) is 12.2. The quantitative estimate of drug-likeness (QED) is 0.593. The van der Waals surface area contributed by atoms with Crippen LogP contribution in [0.15, 0.2) is 33.6 Å². The van der Waals surface area contributed by atoms with Crippen molar-refractivity contribution in [3.05, 3.63) is 28.7 Å². The lowest BCUT2D eigenvalue weighted by Crippen LogP contribution is -2.37. The number of nitrogens with one attached hydrogen (secondary N) is 2. The summed E-state index contributed by atoms with van der Waals surface area (Å²) in [6, 6.07) is 6.44. The standard InChI is InChI=1S/C15H23BrN2O3S.ClH/c1-3-8-17-9-10-18-15(19)12(2)11-22(20,21)14-6-4-13(16)5-7-14;/h4-7,12,17H,3,8-11H2,1-2H3,(H,18,19);1H. The molecule has 0 aliphatic heterocycles. The number of benzene rings is 1. The molecule has 0 saturated heterocycles. The smallest absolute Gasteiger partial charge is 0.223 e. The van der Waals surface area contributed by atoms with Crippen LogP contribution in [0.5, 0.6) is 0 Å². The zero-order valence-electron chi connectivity index (χ0n) is 13.3. The van der Waals surface area contributed by atoms with Gasteiger partial charge in [0.15, 0.2) is 9.84 Å². The van der Waals surface area contributed by atoms with Crippen LogP contribution >= 0.6 is 28.3 Å². The first-order valence-electron chi connectivity index (χ1n) is 7.33. The molecule has 0 aliphatic carbocycles. The van der Waals surface area contributed by atoms with E-state index in [4.69, 9.17) is 0 Å². The molecule has 0 radical (unpaired) electrons. The van der Waals surface area contributed by atoms with E-state index < -0.39 is 15.8 Å². The molecule has 132 valence electrons. The van der Waals surface area contributed by atoms with Gasteiger partial charge in [-0.05, 0) is 37.2 Å². The number of hydrogen-bond donors (Lipinski definition) is 2. The molecule has 0 bridgehead atoms. The van der Waals surface area contributed by atoms with Crippen LogP contribution in [0.2, 0.25) is 0 Å². The first kappa shape index (κ1) is 22.4. The number of amides is 1. The Labute approximate surface area is 153 Å². The molecule has 5 nitrogen and oxygen atoms in total. The van der Waals surface area contributed by atoms with Crippen molar-refractivity contribution in [1.82, 2.24) is 10.6 Å². The zero-order valence-corrected chi connectivity index (χ0v) is 16.6. The summed E-state index contributed by atoms with van der Waals surface area (Å²) in [6.45, 7) is 5.79. The van der Waals surface area contributed by atoms with Gasteiger partial charge in [-0.15, -0.1) is 12.4 Å². The van der Waals surface area contributed by atoms with Gasteiger partial charge in [-0.3, -0.25) is 4.79 Å². The normalized spacial score (nSPS) is 12.3. The second-order valence-electron chi connectivity index (χ2n) is 5.18. The van der Waals surface area contributed by atoms with Gasteiger partial charge in [-0.25, -0.2) is 8.42 Å². The van der Waals surface area contributed by atoms with Crippen LogP contribution in [0.4, 0.5) is 0 Å². The minimum atomic E-state index is -3.46. The van der Waals surface area contributed by atoms with E-state index in [0.717, 1.165) is 17.4 Å². The molecule has 1 amide bonds. The first-order valence-corrected chi connectivity index (χ1v) is 9.78. The Balaban J connectivity index is 0.00000484. The van der Waals surface area contributed by atoms with Crippen molar-refractivity contribution in [2.75, 3.05) is 25.4 Å². The Bertz CT molecular complexity index is 579. The largest absolute Gasteiger partial charge is 0.355 e. The van der Waals surface area contributed by atoms with Gasteiger partial charge in [0.05, 0.1) is 10.6 Å². The van der Waals surface area contributed by atoms with Gasteiger partial charge in [-0.2, -0.15) is 0 Å². The Hall–Kier alpha value is -0.630. The summed E-state index contributed by atoms with van der Waals surface area (Å²) in [6.07, 6.45) is 1.04. The van der Waals surface area contributed by atoms with Crippen LogP contribution in [0.25, 0.3) is 0 Å². The van der Waals surface area contributed by atoms with Crippen LogP contribution in [-0.2, 0) is 14.6 Å². The predicted octanol–water partition coefficient (Wildman–Crippen LogP) is 2.40. The fourth-order valence-electron chi connectivity index (χ4n) is 1.89. The molecular formula is C15H24BrClN2O3S. The van der Waals surface area contributed by atoms with Crippen LogP contribution in [-0.4, -0.2) is 39.7 Å². The maximum atomic E-state index is 12.3. The molecule has 1 rings (SSSR count). The van der Waals surface area contributed by atoms with E-state index in [1.165, 1.54) is 0 Å². The zero-order chi connectivity index (χ0) is 16.6. The van der Waals surface area contributed by atoms with Crippen LogP contribution in [0.1, 0.15) is 20.3 Å². The highest BCUT2D eigenvalue weighted by molar-refractivity contribution is 9.10. The summed E-state index contributed by atoms with van der Waals surface area (Å²) >= 11 is 3.27. The molecule has 0 heterocycles. The Kier molecular flexibility index (Phi) is 10.7. The van der Waals surface area contributed by atoms with Crippen LogP contribution < -0.4 is 10.6 Å². The molecule has 0 saturated carbocycles. The molecule has 23 heavy (non-hydrogen) atoms. The second-order valence-corrected chi connectivity index (χ2v) is 8.13. The lowest BCUT2D eigenvalue weighted by atomic mass is 10.2. The van der Waals surface area contributed by atoms with E-state index in [1.807, 2.05) is 0 Å². The monoisotopic (exact) mass is 426 g/mol. The molecular weight excluding hydrogens is 404 g/mol. The molecule has 0 aromatic heterocycles. The highest BCUT2D eigenvalue weighted by atomic mass is 79.9. The fraction of sp³-hybridized carbons (Fsp3) is 0.533. The number of halogens is 2. The van der Waals surface area contributed by atoms with Crippen molar-refractivity contribution in [2.24, 2.45) is 5.92 Å². The fourth-order valence-corrected chi connectivity index (χ4v) is 3.71. The number of hydrogen-bond acceptors (Lipinski definition) is 4. The Morgan fingerprint density at radius 1 is 1.17 bits per heavy atom. The molecule has 1 aromatic rings. The van der Waals surface area contributed by atoms with Gasteiger partial charge in [0, 0.05) is 23.5 Å². The van der Waals surface area contributed by atoms with Gasteiger partial charge in [0.2, 0.25) is 5.91 Å². The number of carbonyl (C=O) groups excluding carboxylic acids is 1. The maximum Gasteiger partial charge on any atom is 0.223 e. The lowest BCUT2D eigenvalue weighted by Gasteiger charge is -2.13. The van der Waals surface area contributed by atoms with Crippen molar-refractivity contribution in [3.63, 3.8) is 0 Å². The van der Waals surface area contributed by atoms with E-state index in [-0.39, 0.29) is 29.0 Å². The number of carbonyl (C=O) groups is 1. The van der Waals surface area contributed by atoms with Gasteiger partial charge < -0.3 is 10.6 Å². The van der Waals surface area contributed by atoms with Crippen molar-refractivity contribution in [1.29, 1.82) is 0 Å². The van der Waals surface area contributed by atoms with Crippen molar-refractivity contribution < 1.29 is 13.2 Å². The number of sulfone groups is 1. The Morgan fingerprint density at radius 2 is 1.78 bits per heavy atom. The summed E-state index contributed by atoms with van der Waals surface area (Å²) < 4.78 is 25.3. The summed E-state index contributed by atoms with van der Waals surface area (Å²) in [5, 5.41) is 5.92. The molecule has 1 aromatic carbocycles. The third kappa shape index (κ3) is 8.15. The molecule has 0 spiro atoms. The summed E-state index contributed by atoms with van der Waals surface area (Å²) in [5.74, 6) is -1.01. The van der Waals surface area contributed by atoms with Gasteiger partial charge in [-0.1, -0.05) is 29.8 Å². The minimum Gasteiger partial charge on any atom is -0.355 e. The van der Waals surface area contributed by atoms with Gasteiger partial charge in [0.1, 0.15) is 0 Å². The first-order chi connectivity index (χ1) is 10.4. The molecule has 0 fully saturated rings. The molecule has 1 unspecified atom stereocenters. The lowest BCUT2D eigenvalue weighted by molar-refractivity contribution is -0.123. The van der Waals surface area contributed by atoms with Crippen molar-refractivity contribution in [2.45, 2.75) is 25.2 Å². The van der Waals surface area contributed by atoms with E-state index in [9.17, 15) is 13.2 Å². The van der Waals surface area contributed by atoms with Crippen LogP contribution in [0.3, 0.4) is 0 Å². The van der Waals surface area contributed by atoms with Gasteiger partial charge in [0.25, 0.3) is 0 Å². The van der Waals surface area contributed by atoms with E-state index in [1.54, 1.807) is 31.2 Å². The van der Waals surface area contributed by atoms with E-state index in [2.05, 4.69) is 33.5 Å². The third-order valence-electron chi connectivity index (χ3n) is 3.12. The van der Waals surface area contributed by atoms with Crippen molar-refractivity contribution in [3.8, 4) is 0 Å². The molecule has 1 atom stereocenters. The van der Waals surface area contributed by atoms with Gasteiger partial charge >= 0.3 is 0 Å². The topological polar surface area (TPSA) is 75.3 Å². The average molecular weight is 428 g/mol. The van der Waals surface area contributed by atoms with E-state index >= 15 is 0 Å². The Morgan fingerprint density at radius 3 is 2.35 bits per heavy atom. The average Bonchev–Trinajstić information content (AvgIpc) is 2.46. The summed E-state index contributed by atoms with van der Waals surface area (Å²) in [5.41, 5.74) is 0. The second kappa shape index (κ2) is 11.0. The van der Waals surface area contributed by atoms with E-state index in [0.29, 0.717) is 13.1 Å².